The minimum absolute atomic E-state index is 0.0142. The molecule has 3 aromatic rings. The number of aromatic nitrogens is 2. The van der Waals surface area contributed by atoms with Crippen LogP contribution in [0.5, 0.6) is 5.75 Å². The van der Waals surface area contributed by atoms with E-state index in [9.17, 15) is 23.2 Å². The standard InChI is InChI=1S/C20H18F2N4O4/c1-2-11-26-19(29)15-6-4-3-5-14(15)16(25-26)18(28)24-23-17(27)12-7-9-13(10-8-12)30-20(21)22/h3-10,20H,2,11H2,1H3,(H,23,27)(H,24,28). The van der Waals surface area contributed by atoms with E-state index >= 15 is 0 Å². The number of hydrogen-bond donors (Lipinski definition) is 2. The quantitative estimate of drug-likeness (QED) is 0.601. The van der Waals surface area contributed by atoms with Gasteiger partial charge in [-0.3, -0.25) is 25.2 Å². The third kappa shape index (κ3) is 4.59. The molecule has 0 unspecified atom stereocenters. The number of alkyl halides is 2. The normalized spacial score (nSPS) is 10.8. The van der Waals surface area contributed by atoms with Crippen LogP contribution in [0.2, 0.25) is 0 Å². The van der Waals surface area contributed by atoms with Gasteiger partial charge >= 0.3 is 6.61 Å². The number of ether oxygens (including phenoxy) is 1. The van der Waals surface area contributed by atoms with Crippen LogP contribution in [-0.2, 0) is 6.54 Å². The average molecular weight is 416 g/mol. The smallest absolute Gasteiger partial charge is 0.387 e. The molecule has 0 atom stereocenters. The lowest BCUT2D eigenvalue weighted by atomic mass is 10.1. The Morgan fingerprint density at radius 3 is 2.30 bits per heavy atom. The number of nitrogens with zero attached hydrogens (tertiary/aromatic N) is 2. The molecule has 0 aliphatic carbocycles. The summed E-state index contributed by atoms with van der Waals surface area (Å²) in [7, 11) is 0. The molecule has 0 spiro atoms. The van der Waals surface area contributed by atoms with Gasteiger partial charge in [-0.25, -0.2) is 4.68 Å². The van der Waals surface area contributed by atoms with E-state index in [1.54, 1.807) is 24.3 Å². The van der Waals surface area contributed by atoms with Crippen LogP contribution in [0.4, 0.5) is 8.78 Å². The number of hydrogen-bond acceptors (Lipinski definition) is 5. The molecule has 10 heteroatoms. The highest BCUT2D eigenvalue weighted by Crippen LogP contribution is 2.15. The Labute approximate surface area is 169 Å². The average Bonchev–Trinajstić information content (AvgIpc) is 2.74. The van der Waals surface area contributed by atoms with E-state index in [4.69, 9.17) is 0 Å². The fraction of sp³-hybridized carbons (Fsp3) is 0.200. The van der Waals surface area contributed by atoms with E-state index in [0.29, 0.717) is 23.7 Å². The minimum atomic E-state index is -2.97. The second-order valence-electron chi connectivity index (χ2n) is 6.23. The molecule has 2 aromatic carbocycles. The highest BCUT2D eigenvalue weighted by atomic mass is 19.3. The van der Waals surface area contributed by atoms with E-state index < -0.39 is 18.4 Å². The van der Waals surface area contributed by atoms with Gasteiger partial charge in [0.1, 0.15) is 5.75 Å². The molecule has 156 valence electrons. The predicted molar refractivity (Wildman–Crippen MR) is 104 cm³/mol. The number of benzene rings is 2. The van der Waals surface area contributed by atoms with Crippen molar-refractivity contribution in [3.05, 3.63) is 70.1 Å². The molecule has 0 saturated heterocycles. The second-order valence-corrected chi connectivity index (χ2v) is 6.23. The van der Waals surface area contributed by atoms with Gasteiger partial charge in [0.05, 0.1) is 5.39 Å². The molecule has 0 aliphatic heterocycles. The highest BCUT2D eigenvalue weighted by Gasteiger charge is 2.17. The van der Waals surface area contributed by atoms with E-state index in [0.717, 1.165) is 0 Å². The summed E-state index contributed by atoms with van der Waals surface area (Å²) in [6, 6.07) is 11.5. The molecule has 1 heterocycles. The van der Waals surface area contributed by atoms with Crippen LogP contribution in [-0.4, -0.2) is 28.2 Å². The van der Waals surface area contributed by atoms with Crippen LogP contribution in [0, 0.1) is 0 Å². The molecule has 8 nitrogen and oxygen atoms in total. The van der Waals surface area contributed by atoms with E-state index in [1.165, 1.54) is 28.9 Å². The Bertz CT molecular complexity index is 1130. The lowest BCUT2D eigenvalue weighted by molar-refractivity contribution is -0.0498. The molecule has 2 N–H and O–H groups in total. The summed E-state index contributed by atoms with van der Waals surface area (Å²) in [4.78, 5) is 37.3. The number of carbonyl (C=O) groups is 2. The summed E-state index contributed by atoms with van der Waals surface area (Å²) in [5.74, 6) is -1.47. The first-order chi connectivity index (χ1) is 14.4. The lowest BCUT2D eigenvalue weighted by Crippen LogP contribution is -2.42. The van der Waals surface area contributed by atoms with Gasteiger partial charge in [-0.1, -0.05) is 25.1 Å². The first kappa shape index (κ1) is 20.9. The third-order valence-electron chi connectivity index (χ3n) is 4.15. The summed E-state index contributed by atoms with van der Waals surface area (Å²) in [5.41, 5.74) is 4.29. The van der Waals surface area contributed by atoms with Gasteiger partial charge < -0.3 is 4.74 Å². The summed E-state index contributed by atoms with van der Waals surface area (Å²) in [6.07, 6.45) is 0.647. The maximum Gasteiger partial charge on any atom is 0.387 e. The molecular weight excluding hydrogens is 398 g/mol. The zero-order chi connectivity index (χ0) is 21.7. The van der Waals surface area contributed by atoms with Crippen molar-refractivity contribution in [2.45, 2.75) is 26.5 Å². The topological polar surface area (TPSA) is 102 Å². The molecule has 3 rings (SSSR count). The maximum atomic E-state index is 12.6. The summed E-state index contributed by atoms with van der Waals surface area (Å²) in [6.45, 7) is -0.758. The van der Waals surface area contributed by atoms with Crippen molar-refractivity contribution in [1.82, 2.24) is 20.6 Å². The number of halogens is 2. The van der Waals surface area contributed by atoms with Crippen molar-refractivity contribution in [3.8, 4) is 5.75 Å². The second kappa shape index (κ2) is 9.12. The molecule has 1 aromatic heterocycles. The van der Waals surface area contributed by atoms with Crippen molar-refractivity contribution < 1.29 is 23.1 Å². The maximum absolute atomic E-state index is 12.6. The minimum Gasteiger partial charge on any atom is -0.435 e. The van der Waals surface area contributed by atoms with Crippen molar-refractivity contribution >= 4 is 22.6 Å². The van der Waals surface area contributed by atoms with Gasteiger partial charge in [0.25, 0.3) is 17.4 Å². The van der Waals surface area contributed by atoms with Gasteiger partial charge in [0.2, 0.25) is 0 Å². The summed E-state index contributed by atoms with van der Waals surface area (Å²) >= 11 is 0. The van der Waals surface area contributed by atoms with Gasteiger partial charge in [0, 0.05) is 17.5 Å². The number of aryl methyl sites for hydroxylation is 1. The van der Waals surface area contributed by atoms with E-state index in [1.807, 2.05) is 6.92 Å². The van der Waals surface area contributed by atoms with Crippen molar-refractivity contribution in [1.29, 1.82) is 0 Å². The monoisotopic (exact) mass is 416 g/mol. The van der Waals surface area contributed by atoms with Crippen LogP contribution in [0.25, 0.3) is 10.8 Å². The van der Waals surface area contributed by atoms with Gasteiger partial charge in [-0.15, -0.1) is 0 Å². The predicted octanol–water partition coefficient (Wildman–Crippen LogP) is 2.48. The van der Waals surface area contributed by atoms with Crippen molar-refractivity contribution in [2.75, 3.05) is 0 Å². The first-order valence-electron chi connectivity index (χ1n) is 9.06. The largest absolute Gasteiger partial charge is 0.435 e. The molecule has 30 heavy (non-hydrogen) atoms. The molecule has 0 fully saturated rings. The van der Waals surface area contributed by atoms with Gasteiger partial charge in [-0.05, 0) is 36.8 Å². The molecule has 0 radical (unpaired) electrons. The Hall–Kier alpha value is -3.82. The van der Waals surface area contributed by atoms with E-state index in [-0.39, 0.29) is 22.6 Å². The van der Waals surface area contributed by atoms with Crippen molar-refractivity contribution in [3.63, 3.8) is 0 Å². The van der Waals surface area contributed by atoms with Crippen molar-refractivity contribution in [2.24, 2.45) is 0 Å². The number of rotatable bonds is 6. The molecule has 0 aliphatic rings. The van der Waals surface area contributed by atoms with Gasteiger partial charge in [0.15, 0.2) is 5.69 Å². The zero-order valence-electron chi connectivity index (χ0n) is 15.9. The highest BCUT2D eigenvalue weighted by molar-refractivity contribution is 6.06. The Morgan fingerprint density at radius 1 is 1.03 bits per heavy atom. The molecular formula is C20H18F2N4O4. The van der Waals surface area contributed by atoms with Gasteiger partial charge in [-0.2, -0.15) is 13.9 Å². The number of carbonyl (C=O) groups excluding carboxylic acids is 2. The fourth-order valence-corrected chi connectivity index (χ4v) is 2.80. The first-order valence-corrected chi connectivity index (χ1v) is 9.06. The van der Waals surface area contributed by atoms with Crippen LogP contribution in [0.15, 0.2) is 53.3 Å². The van der Waals surface area contributed by atoms with Crippen LogP contribution < -0.4 is 21.1 Å². The van der Waals surface area contributed by atoms with Crippen LogP contribution >= 0.6 is 0 Å². The number of fused-ring (bicyclic) bond motifs is 1. The number of hydrazine groups is 1. The summed E-state index contributed by atoms with van der Waals surface area (Å²) in [5, 5.41) is 4.83. The molecule has 2 amide bonds. The third-order valence-corrected chi connectivity index (χ3v) is 4.15. The van der Waals surface area contributed by atoms with Crippen LogP contribution in [0.1, 0.15) is 34.2 Å². The zero-order valence-corrected chi connectivity index (χ0v) is 15.9. The SMILES string of the molecule is CCCn1nc(C(=O)NNC(=O)c2ccc(OC(F)F)cc2)c2ccccc2c1=O. The molecule has 0 saturated carbocycles. The Morgan fingerprint density at radius 2 is 1.67 bits per heavy atom. The Kier molecular flexibility index (Phi) is 6.35. The number of nitrogens with one attached hydrogen (secondary N) is 2. The Balaban J connectivity index is 1.77. The summed E-state index contributed by atoms with van der Waals surface area (Å²) < 4.78 is 29.8. The van der Waals surface area contributed by atoms with E-state index in [2.05, 4.69) is 20.7 Å². The fourth-order valence-electron chi connectivity index (χ4n) is 2.80. The molecule has 0 bridgehead atoms. The lowest BCUT2D eigenvalue weighted by Gasteiger charge is -2.11. The van der Waals surface area contributed by atoms with Crippen LogP contribution in [0.3, 0.4) is 0 Å². The number of amides is 2.